The molecule has 0 spiro atoms. The number of para-hydroxylation sites is 1. The average molecular weight is 322 g/mol. The first-order chi connectivity index (χ1) is 10.5. The van der Waals surface area contributed by atoms with Crippen LogP contribution in [0.4, 0.5) is 9.18 Å². The fourth-order valence-electron chi connectivity index (χ4n) is 3.80. The van der Waals surface area contributed by atoms with Crippen LogP contribution in [-0.4, -0.2) is 39.3 Å². The Morgan fingerprint density at radius 3 is 2.64 bits per heavy atom. The van der Waals surface area contributed by atoms with Crippen molar-refractivity contribution in [1.82, 2.24) is 9.88 Å². The minimum Gasteiger partial charge on any atom is -0.465 e. The first kappa shape index (κ1) is 13.9. The van der Waals surface area contributed by atoms with E-state index in [1.54, 1.807) is 12.1 Å². The van der Waals surface area contributed by atoms with Gasteiger partial charge in [0.25, 0.3) is 0 Å². The van der Waals surface area contributed by atoms with Crippen molar-refractivity contribution in [2.45, 2.75) is 18.4 Å². The van der Waals surface area contributed by atoms with Gasteiger partial charge in [0.2, 0.25) is 0 Å². The van der Waals surface area contributed by atoms with Crippen LogP contribution in [0.3, 0.4) is 0 Å². The van der Waals surface area contributed by atoms with E-state index in [-0.39, 0.29) is 17.7 Å². The van der Waals surface area contributed by atoms with Gasteiger partial charge in [-0.05, 0) is 36.8 Å². The molecule has 2 fully saturated rings. The summed E-state index contributed by atoms with van der Waals surface area (Å²) >= 11 is 1.32. The summed E-state index contributed by atoms with van der Waals surface area (Å²) in [6, 6.07) is 4.80. The topological polar surface area (TPSA) is 73.7 Å². The monoisotopic (exact) mass is 322 g/mol. The Morgan fingerprint density at radius 2 is 2.05 bits per heavy atom. The number of amides is 1. The molecule has 1 aromatic carbocycles. The van der Waals surface area contributed by atoms with Gasteiger partial charge in [-0.15, -0.1) is 11.3 Å². The van der Waals surface area contributed by atoms with Gasteiger partial charge in [0.05, 0.1) is 4.70 Å². The van der Waals surface area contributed by atoms with Crippen molar-refractivity contribution in [3.05, 3.63) is 29.0 Å². The number of fused-ring (bicyclic) bond motifs is 2. The number of hydrogen-bond acceptors (Lipinski definition) is 4. The predicted octanol–water partition coefficient (Wildman–Crippen LogP) is 2.64. The molecule has 1 saturated heterocycles. The Hall–Kier alpha value is -1.73. The summed E-state index contributed by atoms with van der Waals surface area (Å²) in [6.07, 6.45) is 0.0752. The number of nitrogens with zero attached hydrogens (tertiary/aromatic N) is 2. The quantitative estimate of drug-likeness (QED) is 0.846. The van der Waals surface area contributed by atoms with Gasteiger partial charge in [0, 0.05) is 13.1 Å². The Labute approximate surface area is 130 Å². The summed E-state index contributed by atoms with van der Waals surface area (Å²) in [5.41, 5.74) is -0.754. The standard InChI is InChI=1S/C15H15FN2O3S/c16-10-2-1-3-11-12(10)17-13(22-11)15(21)4-8-6-18(14(19)20)7-9(8)5-15/h1-3,8-9,21H,4-7H2,(H,19,20)/t8-,9+,15-. The molecule has 2 N–H and O–H groups in total. The Bertz CT molecular complexity index is 748. The number of likely N-dealkylation sites (tertiary alicyclic amines) is 1. The summed E-state index contributed by atoms with van der Waals surface area (Å²) < 4.78 is 14.5. The number of aliphatic hydroxyl groups is 1. The third kappa shape index (κ3) is 1.99. The molecule has 0 radical (unpaired) electrons. The predicted molar refractivity (Wildman–Crippen MR) is 79.3 cm³/mol. The van der Waals surface area contributed by atoms with Crippen molar-refractivity contribution in [3.63, 3.8) is 0 Å². The fourth-order valence-corrected chi connectivity index (χ4v) is 4.89. The van der Waals surface area contributed by atoms with E-state index in [9.17, 15) is 14.3 Å². The number of halogens is 1. The minimum atomic E-state index is -1.06. The summed E-state index contributed by atoms with van der Waals surface area (Å²) in [4.78, 5) is 16.8. The molecule has 7 heteroatoms. The smallest absolute Gasteiger partial charge is 0.407 e. The summed E-state index contributed by atoms with van der Waals surface area (Å²) in [7, 11) is 0. The summed E-state index contributed by atoms with van der Waals surface area (Å²) in [5, 5.41) is 20.5. The summed E-state index contributed by atoms with van der Waals surface area (Å²) in [5.74, 6) is -0.0743. The van der Waals surface area contributed by atoms with E-state index in [2.05, 4.69) is 4.98 Å². The van der Waals surface area contributed by atoms with Crippen molar-refractivity contribution < 1.29 is 19.4 Å². The number of carboxylic acid groups (broad SMARTS) is 1. The molecular weight excluding hydrogens is 307 g/mol. The first-order valence-corrected chi connectivity index (χ1v) is 8.04. The molecule has 1 aliphatic heterocycles. The Balaban J connectivity index is 1.63. The minimum absolute atomic E-state index is 0.151. The molecular formula is C15H15FN2O3S. The lowest BCUT2D eigenvalue weighted by atomic mass is 10.0. The van der Waals surface area contributed by atoms with E-state index in [4.69, 9.17) is 5.11 Å². The van der Waals surface area contributed by atoms with E-state index in [0.717, 1.165) is 4.70 Å². The van der Waals surface area contributed by atoms with Gasteiger partial charge in [0.15, 0.2) is 0 Å². The second-order valence-corrected chi connectivity index (χ2v) is 7.28. The molecule has 2 heterocycles. The molecule has 2 aliphatic rings. The molecule has 3 atom stereocenters. The van der Waals surface area contributed by atoms with Crippen LogP contribution in [0.25, 0.3) is 10.2 Å². The SMILES string of the molecule is O=C(O)N1C[C@@H]2C[C@@](O)(c3nc4c(F)cccc4s3)C[C@@H]2C1. The Morgan fingerprint density at radius 1 is 1.36 bits per heavy atom. The van der Waals surface area contributed by atoms with Crippen molar-refractivity contribution >= 4 is 27.6 Å². The van der Waals surface area contributed by atoms with Crippen LogP contribution in [0.1, 0.15) is 17.8 Å². The maximum Gasteiger partial charge on any atom is 0.407 e. The zero-order valence-corrected chi connectivity index (χ0v) is 12.5. The lowest BCUT2D eigenvalue weighted by Gasteiger charge is -2.22. The number of benzene rings is 1. The van der Waals surface area contributed by atoms with Crippen LogP contribution in [0.5, 0.6) is 0 Å². The molecule has 1 saturated carbocycles. The van der Waals surface area contributed by atoms with E-state index in [1.165, 1.54) is 22.3 Å². The van der Waals surface area contributed by atoms with Gasteiger partial charge in [-0.3, -0.25) is 0 Å². The van der Waals surface area contributed by atoms with Crippen molar-refractivity contribution in [1.29, 1.82) is 0 Å². The van der Waals surface area contributed by atoms with Crippen LogP contribution in [0.15, 0.2) is 18.2 Å². The molecule has 1 aliphatic carbocycles. The number of hydrogen-bond donors (Lipinski definition) is 2. The second kappa shape index (κ2) is 4.63. The van der Waals surface area contributed by atoms with Crippen LogP contribution < -0.4 is 0 Å². The van der Waals surface area contributed by atoms with Gasteiger partial charge in [0.1, 0.15) is 21.9 Å². The van der Waals surface area contributed by atoms with Crippen LogP contribution in [-0.2, 0) is 5.60 Å². The number of thiazole rings is 1. The van der Waals surface area contributed by atoms with Crippen LogP contribution >= 0.6 is 11.3 Å². The van der Waals surface area contributed by atoms with E-state index in [1.807, 2.05) is 0 Å². The van der Waals surface area contributed by atoms with Crippen LogP contribution in [0, 0.1) is 17.7 Å². The third-order valence-electron chi connectivity index (χ3n) is 4.81. The van der Waals surface area contributed by atoms with Gasteiger partial charge < -0.3 is 15.1 Å². The molecule has 116 valence electrons. The molecule has 5 nitrogen and oxygen atoms in total. The summed E-state index contributed by atoms with van der Waals surface area (Å²) in [6.45, 7) is 0.920. The molecule has 22 heavy (non-hydrogen) atoms. The van der Waals surface area contributed by atoms with E-state index < -0.39 is 11.7 Å². The second-order valence-electron chi connectivity index (χ2n) is 6.25. The maximum absolute atomic E-state index is 13.8. The van der Waals surface area contributed by atoms with E-state index >= 15 is 0 Å². The average Bonchev–Trinajstić information content (AvgIpc) is 3.10. The number of rotatable bonds is 1. The zero-order chi connectivity index (χ0) is 15.5. The molecule has 2 aromatic rings. The highest BCUT2D eigenvalue weighted by atomic mass is 32.1. The molecule has 1 amide bonds. The van der Waals surface area contributed by atoms with Crippen molar-refractivity contribution in [3.8, 4) is 0 Å². The lowest BCUT2D eigenvalue weighted by Crippen LogP contribution is -2.31. The fraction of sp³-hybridized carbons (Fsp3) is 0.467. The van der Waals surface area contributed by atoms with Crippen LogP contribution in [0.2, 0.25) is 0 Å². The third-order valence-corrected chi connectivity index (χ3v) is 6.03. The van der Waals surface area contributed by atoms with Gasteiger partial charge >= 0.3 is 6.09 Å². The highest BCUT2D eigenvalue weighted by Crippen LogP contribution is 2.50. The number of aromatic nitrogens is 1. The Kier molecular flexibility index (Phi) is 2.93. The zero-order valence-electron chi connectivity index (χ0n) is 11.7. The number of carbonyl (C=O) groups is 1. The van der Waals surface area contributed by atoms with Crippen molar-refractivity contribution in [2.24, 2.45) is 11.8 Å². The lowest BCUT2D eigenvalue weighted by molar-refractivity contribution is 0.0314. The normalized spacial score (nSPS) is 30.9. The molecule has 0 bridgehead atoms. The first-order valence-electron chi connectivity index (χ1n) is 7.22. The highest BCUT2D eigenvalue weighted by molar-refractivity contribution is 7.18. The maximum atomic E-state index is 13.8. The van der Waals surface area contributed by atoms with Gasteiger partial charge in [-0.25, -0.2) is 14.2 Å². The van der Waals surface area contributed by atoms with E-state index in [0.29, 0.717) is 36.5 Å². The van der Waals surface area contributed by atoms with Crippen molar-refractivity contribution in [2.75, 3.05) is 13.1 Å². The molecule has 4 rings (SSSR count). The van der Waals surface area contributed by atoms with Gasteiger partial charge in [-0.1, -0.05) is 6.07 Å². The largest absolute Gasteiger partial charge is 0.465 e. The highest BCUT2D eigenvalue weighted by Gasteiger charge is 2.51. The molecule has 0 unspecified atom stereocenters. The van der Waals surface area contributed by atoms with Gasteiger partial charge in [-0.2, -0.15) is 0 Å². The molecule has 1 aromatic heterocycles.